The van der Waals surface area contributed by atoms with Gasteiger partial charge < -0.3 is 10.2 Å². The van der Waals surface area contributed by atoms with Gasteiger partial charge in [-0.1, -0.05) is 6.07 Å². The SMILES string of the molecule is O=C1C(Nc2ncnc3ccsc23)CCN1c1c(F)cccc1F. The molecule has 3 heterocycles. The highest BCUT2D eigenvalue weighted by Crippen LogP contribution is 2.30. The zero-order valence-electron chi connectivity index (χ0n) is 12.4. The molecule has 1 unspecified atom stereocenters. The predicted molar refractivity (Wildman–Crippen MR) is 88.2 cm³/mol. The molecule has 1 aliphatic heterocycles. The van der Waals surface area contributed by atoms with E-state index in [1.54, 1.807) is 0 Å². The first-order valence-electron chi connectivity index (χ1n) is 7.35. The lowest BCUT2D eigenvalue weighted by Crippen LogP contribution is -2.34. The summed E-state index contributed by atoms with van der Waals surface area (Å²) >= 11 is 1.47. The van der Waals surface area contributed by atoms with Crippen molar-refractivity contribution in [3.8, 4) is 0 Å². The zero-order chi connectivity index (χ0) is 16.7. The summed E-state index contributed by atoms with van der Waals surface area (Å²) in [4.78, 5) is 22.1. The summed E-state index contributed by atoms with van der Waals surface area (Å²) in [5.41, 5.74) is 0.496. The van der Waals surface area contributed by atoms with E-state index in [4.69, 9.17) is 0 Å². The Morgan fingerprint density at radius 3 is 2.79 bits per heavy atom. The summed E-state index contributed by atoms with van der Waals surface area (Å²) in [5, 5.41) is 4.97. The Morgan fingerprint density at radius 2 is 2.00 bits per heavy atom. The second-order valence-corrected chi connectivity index (χ2v) is 6.32. The fourth-order valence-corrected chi connectivity index (χ4v) is 3.64. The molecule has 0 radical (unpaired) electrons. The molecule has 122 valence electrons. The number of hydrogen-bond donors (Lipinski definition) is 1. The zero-order valence-corrected chi connectivity index (χ0v) is 13.2. The summed E-state index contributed by atoms with van der Waals surface area (Å²) in [6.45, 7) is 0.243. The number of amides is 1. The van der Waals surface area contributed by atoms with Gasteiger partial charge in [0.25, 0.3) is 0 Å². The topological polar surface area (TPSA) is 58.1 Å². The fourth-order valence-electron chi connectivity index (χ4n) is 2.84. The minimum Gasteiger partial charge on any atom is -0.357 e. The van der Waals surface area contributed by atoms with Crippen molar-refractivity contribution in [2.75, 3.05) is 16.8 Å². The standard InChI is InChI=1S/C16H12F2N4OS/c17-9-2-1-3-10(18)13(9)22-6-4-12(16(22)23)21-15-14-11(5-7-24-14)19-8-20-15/h1-3,5,7-8,12H,4,6H2,(H,19,20,21). The van der Waals surface area contributed by atoms with Gasteiger partial charge in [0.05, 0.1) is 10.2 Å². The molecule has 0 bridgehead atoms. The summed E-state index contributed by atoms with van der Waals surface area (Å²) in [6.07, 6.45) is 1.86. The molecule has 1 aromatic carbocycles. The maximum absolute atomic E-state index is 13.9. The number of hydrogen-bond acceptors (Lipinski definition) is 5. The molecule has 1 aliphatic rings. The molecular formula is C16H12F2N4OS. The minimum atomic E-state index is -0.744. The van der Waals surface area contributed by atoms with Crippen molar-refractivity contribution in [3.63, 3.8) is 0 Å². The van der Waals surface area contributed by atoms with E-state index in [0.717, 1.165) is 27.2 Å². The molecule has 0 spiro atoms. The van der Waals surface area contributed by atoms with Crippen molar-refractivity contribution in [3.05, 3.63) is 47.6 Å². The molecule has 4 rings (SSSR count). The Hall–Kier alpha value is -2.61. The van der Waals surface area contributed by atoms with Gasteiger partial charge >= 0.3 is 0 Å². The summed E-state index contributed by atoms with van der Waals surface area (Å²) in [6, 6.07) is 4.85. The van der Waals surface area contributed by atoms with Crippen molar-refractivity contribution in [2.24, 2.45) is 0 Å². The summed E-state index contributed by atoms with van der Waals surface area (Å²) in [5.74, 6) is -1.30. The molecule has 1 N–H and O–H groups in total. The van der Waals surface area contributed by atoms with Gasteiger partial charge in [0.2, 0.25) is 5.91 Å². The molecule has 1 fully saturated rings. The quantitative estimate of drug-likeness (QED) is 0.791. The van der Waals surface area contributed by atoms with E-state index in [9.17, 15) is 13.6 Å². The van der Waals surface area contributed by atoms with Crippen molar-refractivity contribution in [2.45, 2.75) is 12.5 Å². The molecular weight excluding hydrogens is 334 g/mol. The third-order valence-corrected chi connectivity index (χ3v) is 4.88. The van der Waals surface area contributed by atoms with Crippen molar-refractivity contribution in [1.82, 2.24) is 9.97 Å². The Bertz CT molecular complexity index is 909. The van der Waals surface area contributed by atoms with Gasteiger partial charge in [-0.25, -0.2) is 18.7 Å². The first kappa shape index (κ1) is 14.9. The van der Waals surface area contributed by atoms with Crippen LogP contribution in [0.2, 0.25) is 0 Å². The second kappa shape index (κ2) is 5.79. The van der Waals surface area contributed by atoms with Gasteiger partial charge in [0, 0.05) is 6.54 Å². The van der Waals surface area contributed by atoms with E-state index >= 15 is 0 Å². The van der Waals surface area contributed by atoms with Crippen molar-refractivity contribution in [1.29, 1.82) is 0 Å². The van der Waals surface area contributed by atoms with Crippen LogP contribution in [0.25, 0.3) is 10.2 Å². The summed E-state index contributed by atoms with van der Waals surface area (Å²) < 4.78 is 28.7. The number of para-hydroxylation sites is 1. The third-order valence-electron chi connectivity index (χ3n) is 3.97. The van der Waals surface area contributed by atoms with Gasteiger partial charge in [0.1, 0.15) is 35.5 Å². The lowest BCUT2D eigenvalue weighted by atomic mass is 10.2. The van der Waals surface area contributed by atoms with Crippen molar-refractivity contribution < 1.29 is 13.6 Å². The number of benzene rings is 1. The van der Waals surface area contributed by atoms with Crippen LogP contribution in [0.15, 0.2) is 36.0 Å². The predicted octanol–water partition coefficient (Wildman–Crippen LogP) is 3.19. The number of carbonyl (C=O) groups excluding carboxylic acids is 1. The number of nitrogens with zero attached hydrogens (tertiary/aromatic N) is 3. The number of aromatic nitrogens is 2. The highest BCUT2D eigenvalue weighted by molar-refractivity contribution is 7.17. The molecule has 5 nitrogen and oxygen atoms in total. The lowest BCUT2D eigenvalue weighted by Gasteiger charge is -2.18. The Morgan fingerprint density at radius 1 is 1.21 bits per heavy atom. The molecule has 2 aromatic heterocycles. The van der Waals surface area contributed by atoms with E-state index in [1.165, 1.54) is 23.7 Å². The van der Waals surface area contributed by atoms with Crippen LogP contribution in [-0.2, 0) is 4.79 Å². The van der Waals surface area contributed by atoms with E-state index in [1.807, 2.05) is 11.4 Å². The van der Waals surface area contributed by atoms with Crippen molar-refractivity contribution >= 4 is 39.0 Å². The van der Waals surface area contributed by atoms with E-state index in [-0.39, 0.29) is 18.1 Å². The normalized spacial score (nSPS) is 17.7. The number of rotatable bonds is 3. The van der Waals surface area contributed by atoms with Crippen LogP contribution in [0.4, 0.5) is 20.3 Å². The van der Waals surface area contributed by atoms with Crippen LogP contribution in [0.3, 0.4) is 0 Å². The van der Waals surface area contributed by atoms with Gasteiger partial charge in [-0.15, -0.1) is 11.3 Å². The van der Waals surface area contributed by atoms with Gasteiger partial charge in [-0.05, 0) is 30.0 Å². The fraction of sp³-hybridized carbons (Fsp3) is 0.188. The Labute approximate surface area is 140 Å². The number of halogens is 2. The van der Waals surface area contributed by atoms with Crippen LogP contribution in [0.1, 0.15) is 6.42 Å². The second-order valence-electron chi connectivity index (χ2n) is 5.40. The van der Waals surface area contributed by atoms with Gasteiger partial charge in [0.15, 0.2) is 0 Å². The van der Waals surface area contributed by atoms with Gasteiger partial charge in [-0.2, -0.15) is 0 Å². The molecule has 1 saturated heterocycles. The molecule has 3 aromatic rings. The van der Waals surface area contributed by atoms with Crippen LogP contribution in [0, 0.1) is 11.6 Å². The van der Waals surface area contributed by atoms with Gasteiger partial charge in [-0.3, -0.25) is 4.79 Å². The van der Waals surface area contributed by atoms with E-state index in [2.05, 4.69) is 15.3 Å². The molecule has 1 atom stereocenters. The summed E-state index contributed by atoms with van der Waals surface area (Å²) in [7, 11) is 0. The lowest BCUT2D eigenvalue weighted by molar-refractivity contribution is -0.117. The molecule has 0 saturated carbocycles. The number of anilines is 2. The van der Waals surface area contributed by atoms with E-state index < -0.39 is 17.7 Å². The molecule has 1 amide bonds. The van der Waals surface area contributed by atoms with Crippen LogP contribution in [0.5, 0.6) is 0 Å². The van der Waals surface area contributed by atoms with E-state index in [0.29, 0.717) is 12.2 Å². The van der Waals surface area contributed by atoms with Crippen LogP contribution < -0.4 is 10.2 Å². The Kier molecular flexibility index (Phi) is 3.61. The smallest absolute Gasteiger partial charge is 0.249 e. The van der Waals surface area contributed by atoms with Crippen LogP contribution in [-0.4, -0.2) is 28.5 Å². The minimum absolute atomic E-state index is 0.243. The number of carbonyl (C=O) groups is 1. The molecule has 8 heteroatoms. The monoisotopic (exact) mass is 346 g/mol. The maximum atomic E-state index is 13.9. The first-order chi connectivity index (χ1) is 11.6. The molecule has 0 aliphatic carbocycles. The highest BCUT2D eigenvalue weighted by Gasteiger charge is 2.35. The Balaban J connectivity index is 1.61. The first-order valence-corrected chi connectivity index (χ1v) is 8.23. The average molecular weight is 346 g/mol. The molecule has 24 heavy (non-hydrogen) atoms. The largest absolute Gasteiger partial charge is 0.357 e. The number of nitrogens with one attached hydrogen (secondary N) is 1. The number of thiophene rings is 1. The third kappa shape index (κ3) is 2.39. The number of fused-ring (bicyclic) bond motifs is 1. The highest BCUT2D eigenvalue weighted by atomic mass is 32.1. The van der Waals surface area contributed by atoms with Crippen LogP contribution >= 0.6 is 11.3 Å². The average Bonchev–Trinajstić information content (AvgIpc) is 3.17. The maximum Gasteiger partial charge on any atom is 0.249 e.